The van der Waals surface area contributed by atoms with E-state index in [-0.39, 0.29) is 30.7 Å². The molecule has 0 aliphatic rings. The summed E-state index contributed by atoms with van der Waals surface area (Å²) in [6, 6.07) is 7.71. The number of pyridine rings is 1. The first-order valence-corrected chi connectivity index (χ1v) is 7.78. The average molecular weight is 353 g/mol. The molecule has 0 bridgehead atoms. The molecule has 132 valence electrons. The molecule has 3 N–H and O–H groups in total. The van der Waals surface area contributed by atoms with Crippen molar-refractivity contribution in [3.63, 3.8) is 0 Å². The van der Waals surface area contributed by atoms with Gasteiger partial charge < -0.3 is 15.5 Å². The second-order valence-electron chi connectivity index (χ2n) is 5.36. The Bertz CT molecular complexity index is 937. The highest BCUT2D eigenvalue weighted by atomic mass is 19.1. The van der Waals surface area contributed by atoms with Crippen molar-refractivity contribution in [2.75, 3.05) is 0 Å². The summed E-state index contributed by atoms with van der Waals surface area (Å²) in [5.41, 5.74) is 8.14. The number of nitrogens with two attached hydrogens (primary N) is 1. The number of rotatable bonds is 6. The standard InChI is InChI=1S/C18H16FN5O2/c1-2-16(25)22-10-12-9-21-15(11-3-5-13(19)6-4-11)7-14(12)18-24-23-17(8-20)26-18/h2-7,9H,1,8,10,20H2,(H,22,25). The lowest BCUT2D eigenvalue weighted by Gasteiger charge is -2.09. The minimum absolute atomic E-state index is 0.117. The number of hydrogen-bond donors (Lipinski definition) is 2. The van der Waals surface area contributed by atoms with Crippen LogP contribution in [-0.2, 0) is 17.9 Å². The summed E-state index contributed by atoms with van der Waals surface area (Å²) in [4.78, 5) is 15.8. The predicted molar refractivity (Wildman–Crippen MR) is 92.9 cm³/mol. The van der Waals surface area contributed by atoms with E-state index in [1.165, 1.54) is 18.2 Å². The van der Waals surface area contributed by atoms with E-state index >= 15 is 0 Å². The van der Waals surface area contributed by atoms with E-state index in [9.17, 15) is 9.18 Å². The van der Waals surface area contributed by atoms with Gasteiger partial charge in [0.25, 0.3) is 0 Å². The highest BCUT2D eigenvalue weighted by molar-refractivity contribution is 5.87. The normalized spacial score (nSPS) is 10.5. The Balaban J connectivity index is 2.02. The third-order valence-corrected chi connectivity index (χ3v) is 3.64. The Labute approximate surface area is 148 Å². The van der Waals surface area contributed by atoms with Crippen molar-refractivity contribution in [2.24, 2.45) is 5.73 Å². The molecular weight excluding hydrogens is 337 g/mol. The lowest BCUT2D eigenvalue weighted by Crippen LogP contribution is -2.20. The third-order valence-electron chi connectivity index (χ3n) is 3.64. The quantitative estimate of drug-likeness (QED) is 0.658. The summed E-state index contributed by atoms with van der Waals surface area (Å²) < 4.78 is 18.7. The SMILES string of the molecule is C=CC(=O)NCc1cnc(-c2ccc(F)cc2)cc1-c1nnc(CN)o1. The van der Waals surface area contributed by atoms with Crippen LogP contribution in [-0.4, -0.2) is 21.1 Å². The van der Waals surface area contributed by atoms with E-state index in [1.807, 2.05) is 0 Å². The fourth-order valence-corrected chi connectivity index (χ4v) is 2.30. The van der Waals surface area contributed by atoms with Gasteiger partial charge in [-0.2, -0.15) is 0 Å². The summed E-state index contributed by atoms with van der Waals surface area (Å²) >= 11 is 0. The maximum atomic E-state index is 13.1. The zero-order valence-corrected chi connectivity index (χ0v) is 13.8. The molecule has 3 aromatic rings. The highest BCUT2D eigenvalue weighted by Gasteiger charge is 2.15. The number of halogens is 1. The van der Waals surface area contributed by atoms with Crippen molar-refractivity contribution in [1.82, 2.24) is 20.5 Å². The van der Waals surface area contributed by atoms with Gasteiger partial charge in [-0.25, -0.2) is 4.39 Å². The number of benzene rings is 1. The van der Waals surface area contributed by atoms with Crippen molar-refractivity contribution in [2.45, 2.75) is 13.1 Å². The number of aromatic nitrogens is 3. The maximum absolute atomic E-state index is 13.1. The highest BCUT2D eigenvalue weighted by Crippen LogP contribution is 2.27. The molecular formula is C18H16FN5O2. The molecule has 0 atom stereocenters. The largest absolute Gasteiger partial charge is 0.419 e. The van der Waals surface area contributed by atoms with Gasteiger partial charge in [0.2, 0.25) is 17.7 Å². The molecule has 0 spiro atoms. The second kappa shape index (κ2) is 7.66. The Morgan fingerprint density at radius 2 is 2.08 bits per heavy atom. The molecule has 2 heterocycles. The molecule has 0 fully saturated rings. The maximum Gasteiger partial charge on any atom is 0.248 e. The summed E-state index contributed by atoms with van der Waals surface area (Å²) in [7, 11) is 0. The molecule has 26 heavy (non-hydrogen) atoms. The summed E-state index contributed by atoms with van der Waals surface area (Å²) in [5.74, 6) is -0.0887. The van der Waals surface area contributed by atoms with Crippen molar-refractivity contribution in [1.29, 1.82) is 0 Å². The van der Waals surface area contributed by atoms with E-state index in [4.69, 9.17) is 10.2 Å². The summed E-state index contributed by atoms with van der Waals surface area (Å²) in [5, 5.41) is 10.5. The van der Waals surface area contributed by atoms with Crippen molar-refractivity contribution in [3.05, 3.63) is 66.5 Å². The molecule has 0 aliphatic carbocycles. The molecule has 7 nitrogen and oxygen atoms in total. The van der Waals surface area contributed by atoms with Crippen molar-refractivity contribution < 1.29 is 13.6 Å². The molecule has 8 heteroatoms. The Kier molecular flexibility index (Phi) is 5.14. The molecule has 0 saturated heterocycles. The van der Waals surface area contributed by atoms with Gasteiger partial charge >= 0.3 is 0 Å². The summed E-state index contributed by atoms with van der Waals surface area (Å²) in [6.07, 6.45) is 2.78. The topological polar surface area (TPSA) is 107 Å². The van der Waals surface area contributed by atoms with Crippen molar-refractivity contribution >= 4 is 5.91 Å². The number of hydrogen-bond acceptors (Lipinski definition) is 6. The molecule has 1 aromatic carbocycles. The fourth-order valence-electron chi connectivity index (χ4n) is 2.30. The molecule has 0 radical (unpaired) electrons. The number of carbonyl (C=O) groups is 1. The average Bonchev–Trinajstić information content (AvgIpc) is 3.15. The first kappa shape index (κ1) is 17.4. The molecule has 0 unspecified atom stereocenters. The fraction of sp³-hybridized carbons (Fsp3) is 0.111. The smallest absolute Gasteiger partial charge is 0.248 e. The Morgan fingerprint density at radius 3 is 2.73 bits per heavy atom. The first-order valence-electron chi connectivity index (χ1n) is 7.78. The van der Waals surface area contributed by atoms with Crippen LogP contribution in [0.5, 0.6) is 0 Å². The Hall–Kier alpha value is -3.39. The van der Waals surface area contributed by atoms with Gasteiger partial charge in [0.05, 0.1) is 12.2 Å². The minimum atomic E-state index is -0.331. The number of carbonyl (C=O) groups excluding carboxylic acids is 1. The van der Waals surface area contributed by atoms with Crippen LogP contribution in [0.3, 0.4) is 0 Å². The molecule has 0 aliphatic heterocycles. The molecule has 3 rings (SSSR count). The third kappa shape index (κ3) is 3.81. The van der Waals surface area contributed by atoms with Gasteiger partial charge in [0.1, 0.15) is 5.82 Å². The van der Waals surface area contributed by atoms with Gasteiger partial charge in [-0.05, 0) is 36.4 Å². The Morgan fingerprint density at radius 1 is 1.31 bits per heavy atom. The lowest BCUT2D eigenvalue weighted by molar-refractivity contribution is -0.116. The number of amides is 1. The zero-order valence-electron chi connectivity index (χ0n) is 13.8. The second-order valence-corrected chi connectivity index (χ2v) is 5.36. The van der Waals surface area contributed by atoms with Crippen molar-refractivity contribution in [3.8, 4) is 22.7 Å². The number of nitrogens with zero attached hydrogens (tertiary/aromatic N) is 3. The van der Waals surface area contributed by atoms with Gasteiger partial charge in [-0.3, -0.25) is 9.78 Å². The van der Waals surface area contributed by atoms with Crippen LogP contribution in [0.15, 0.2) is 53.6 Å². The van der Waals surface area contributed by atoms with E-state index in [0.717, 1.165) is 5.56 Å². The van der Waals surface area contributed by atoms with E-state index in [1.54, 1.807) is 24.4 Å². The molecule has 1 amide bonds. The van der Waals surface area contributed by atoms with Crippen LogP contribution in [0.25, 0.3) is 22.7 Å². The van der Waals surface area contributed by atoms with E-state index < -0.39 is 0 Å². The van der Waals surface area contributed by atoms with Gasteiger partial charge in [0.15, 0.2) is 0 Å². The van der Waals surface area contributed by atoms with Crippen LogP contribution in [0, 0.1) is 5.82 Å². The molecule has 2 aromatic heterocycles. The van der Waals surface area contributed by atoms with Crippen LogP contribution >= 0.6 is 0 Å². The van der Waals surface area contributed by atoms with Crippen LogP contribution < -0.4 is 11.1 Å². The van der Waals surface area contributed by atoms with E-state index in [2.05, 4.69) is 27.1 Å². The van der Waals surface area contributed by atoms with Crippen LogP contribution in [0.2, 0.25) is 0 Å². The summed E-state index contributed by atoms with van der Waals surface area (Å²) in [6.45, 7) is 3.74. The monoisotopic (exact) mass is 353 g/mol. The van der Waals surface area contributed by atoms with Gasteiger partial charge in [-0.1, -0.05) is 6.58 Å². The lowest BCUT2D eigenvalue weighted by atomic mass is 10.0. The van der Waals surface area contributed by atoms with E-state index in [0.29, 0.717) is 22.7 Å². The molecule has 0 saturated carbocycles. The van der Waals surface area contributed by atoms with Gasteiger partial charge in [-0.15, -0.1) is 10.2 Å². The number of nitrogens with one attached hydrogen (secondary N) is 1. The van der Waals surface area contributed by atoms with Gasteiger partial charge in [0, 0.05) is 29.4 Å². The first-order chi connectivity index (χ1) is 12.6. The zero-order chi connectivity index (χ0) is 18.5. The minimum Gasteiger partial charge on any atom is -0.419 e. The van der Waals surface area contributed by atoms with Crippen LogP contribution in [0.1, 0.15) is 11.5 Å². The van der Waals surface area contributed by atoms with Crippen LogP contribution in [0.4, 0.5) is 4.39 Å². The predicted octanol–water partition coefficient (Wildman–Crippen LogP) is 2.20.